The van der Waals surface area contributed by atoms with Gasteiger partial charge in [0.05, 0.1) is 11.9 Å². The molecule has 21 heavy (non-hydrogen) atoms. The highest BCUT2D eigenvalue weighted by atomic mass is 15.3. The molecule has 0 aliphatic heterocycles. The monoisotopic (exact) mass is 276 g/mol. The van der Waals surface area contributed by atoms with E-state index < -0.39 is 0 Å². The Kier molecular flexibility index (Phi) is 7.01. The van der Waals surface area contributed by atoms with Crippen molar-refractivity contribution < 1.29 is 0 Å². The van der Waals surface area contributed by atoms with Crippen LogP contribution in [0.1, 0.15) is 5.56 Å². The Balaban J connectivity index is 3.18. The van der Waals surface area contributed by atoms with Gasteiger partial charge in [-0.3, -0.25) is 0 Å². The van der Waals surface area contributed by atoms with Crippen LogP contribution in [0.3, 0.4) is 0 Å². The smallest absolute Gasteiger partial charge is 0.0645 e. The van der Waals surface area contributed by atoms with E-state index in [-0.39, 0.29) is 0 Å². The predicted molar refractivity (Wildman–Crippen MR) is 93.5 cm³/mol. The van der Waals surface area contributed by atoms with Crippen molar-refractivity contribution in [1.29, 1.82) is 0 Å². The molecular formula is C19H20N2. The van der Waals surface area contributed by atoms with Gasteiger partial charge in [0.1, 0.15) is 0 Å². The van der Waals surface area contributed by atoms with Crippen LogP contribution < -0.4 is 0 Å². The van der Waals surface area contributed by atoms with Gasteiger partial charge >= 0.3 is 0 Å². The number of hydrogen-bond acceptors (Lipinski definition) is 1. The summed E-state index contributed by atoms with van der Waals surface area (Å²) in [5.74, 6) is 0. The number of hydrogen-bond donors (Lipinski definition) is 0. The van der Waals surface area contributed by atoms with Crippen molar-refractivity contribution >= 4 is 11.3 Å². The van der Waals surface area contributed by atoms with Crippen molar-refractivity contribution in [1.82, 2.24) is 9.78 Å². The quantitative estimate of drug-likeness (QED) is 0.613. The van der Waals surface area contributed by atoms with Gasteiger partial charge in [-0.05, 0) is 17.7 Å². The first-order valence-corrected chi connectivity index (χ1v) is 6.56. The third kappa shape index (κ3) is 4.96. The van der Waals surface area contributed by atoms with Crippen LogP contribution in [0.4, 0.5) is 0 Å². The molecule has 1 aromatic rings. The van der Waals surface area contributed by atoms with Crippen LogP contribution in [-0.4, -0.2) is 9.78 Å². The van der Waals surface area contributed by atoms with Gasteiger partial charge in [0, 0.05) is 11.8 Å². The lowest BCUT2D eigenvalue weighted by Gasteiger charge is -2.01. The highest BCUT2D eigenvalue weighted by Gasteiger charge is 2.03. The van der Waals surface area contributed by atoms with Crippen molar-refractivity contribution in [2.24, 2.45) is 0 Å². The Bertz CT molecular complexity index is 580. The van der Waals surface area contributed by atoms with Crippen LogP contribution in [0.2, 0.25) is 0 Å². The summed E-state index contributed by atoms with van der Waals surface area (Å²) in [4.78, 5) is 0. The normalized spacial score (nSPS) is 12.8. The van der Waals surface area contributed by atoms with E-state index in [2.05, 4.69) is 31.4 Å². The van der Waals surface area contributed by atoms with Gasteiger partial charge in [0.25, 0.3) is 0 Å². The zero-order valence-corrected chi connectivity index (χ0v) is 12.2. The third-order valence-electron chi connectivity index (χ3n) is 2.58. The fourth-order valence-corrected chi connectivity index (χ4v) is 1.66. The molecular weight excluding hydrogens is 256 g/mol. The first kappa shape index (κ1) is 16.2. The molecule has 0 saturated heterocycles. The summed E-state index contributed by atoms with van der Waals surface area (Å²) in [6.45, 7) is 14.8. The summed E-state index contributed by atoms with van der Waals surface area (Å²) in [6, 6.07) is 0. The molecule has 0 N–H and O–H groups in total. The van der Waals surface area contributed by atoms with Crippen molar-refractivity contribution in [3.05, 3.63) is 105 Å². The number of aromatic nitrogens is 2. The summed E-state index contributed by atoms with van der Waals surface area (Å²) in [5.41, 5.74) is 2.92. The van der Waals surface area contributed by atoms with E-state index in [9.17, 15) is 0 Å². The van der Waals surface area contributed by atoms with Gasteiger partial charge in [-0.1, -0.05) is 74.9 Å². The molecule has 0 amide bonds. The Hall–Kier alpha value is -2.87. The van der Waals surface area contributed by atoms with Crippen LogP contribution in [0.15, 0.2) is 99.5 Å². The van der Waals surface area contributed by atoms with Gasteiger partial charge < -0.3 is 0 Å². The molecule has 2 nitrogen and oxygen atoms in total. The van der Waals surface area contributed by atoms with Crippen LogP contribution >= 0.6 is 0 Å². The summed E-state index contributed by atoms with van der Waals surface area (Å²) in [7, 11) is 0. The summed E-state index contributed by atoms with van der Waals surface area (Å²) < 4.78 is 1.79. The van der Waals surface area contributed by atoms with Crippen molar-refractivity contribution in [3.63, 3.8) is 0 Å². The van der Waals surface area contributed by atoms with Gasteiger partial charge in [-0.25, -0.2) is 4.68 Å². The molecule has 0 spiro atoms. The van der Waals surface area contributed by atoms with Crippen molar-refractivity contribution in [3.8, 4) is 0 Å². The fourth-order valence-electron chi connectivity index (χ4n) is 1.66. The van der Waals surface area contributed by atoms with E-state index in [0.29, 0.717) is 0 Å². The topological polar surface area (TPSA) is 17.8 Å². The summed E-state index contributed by atoms with van der Waals surface area (Å²) in [6.07, 6.45) is 22.1. The van der Waals surface area contributed by atoms with E-state index in [1.165, 1.54) is 0 Å². The second kappa shape index (κ2) is 9.10. The van der Waals surface area contributed by atoms with E-state index in [1.807, 2.05) is 42.7 Å². The molecule has 0 atom stereocenters. The zero-order valence-electron chi connectivity index (χ0n) is 12.2. The van der Waals surface area contributed by atoms with E-state index in [1.54, 1.807) is 35.2 Å². The van der Waals surface area contributed by atoms with E-state index in [4.69, 9.17) is 0 Å². The van der Waals surface area contributed by atoms with Crippen molar-refractivity contribution in [2.75, 3.05) is 0 Å². The molecule has 1 heterocycles. The van der Waals surface area contributed by atoms with Gasteiger partial charge in [0.15, 0.2) is 0 Å². The third-order valence-corrected chi connectivity index (χ3v) is 2.58. The largest absolute Gasteiger partial charge is 0.240 e. The predicted octanol–water partition coefficient (Wildman–Crippen LogP) is 4.96. The molecule has 0 radical (unpaired) electrons. The second-order valence-corrected chi connectivity index (χ2v) is 4.05. The highest BCUT2D eigenvalue weighted by Crippen LogP contribution is 2.18. The van der Waals surface area contributed by atoms with Gasteiger partial charge in [-0.15, -0.1) is 0 Å². The molecule has 0 aromatic carbocycles. The molecule has 1 rings (SSSR count). The SMILES string of the molecule is C=C/C=C\C(=C/C=C)c1cnn(C(/C=C\C=C)=C/C=C)c1. The average molecular weight is 276 g/mol. The molecule has 0 saturated carbocycles. The lowest BCUT2D eigenvalue weighted by atomic mass is 10.1. The Labute approximate surface area is 126 Å². The maximum Gasteiger partial charge on any atom is 0.0645 e. The molecule has 1 aromatic heterocycles. The molecule has 106 valence electrons. The van der Waals surface area contributed by atoms with Crippen LogP contribution in [0.25, 0.3) is 11.3 Å². The second-order valence-electron chi connectivity index (χ2n) is 4.05. The van der Waals surface area contributed by atoms with Crippen molar-refractivity contribution in [2.45, 2.75) is 0 Å². The van der Waals surface area contributed by atoms with Gasteiger partial charge in [0.2, 0.25) is 0 Å². The number of nitrogens with zero attached hydrogens (tertiary/aromatic N) is 2. The molecule has 2 heteroatoms. The maximum absolute atomic E-state index is 4.38. The molecule has 0 bridgehead atoms. The Morgan fingerprint density at radius 3 is 2.19 bits per heavy atom. The van der Waals surface area contributed by atoms with E-state index in [0.717, 1.165) is 16.8 Å². The zero-order chi connectivity index (χ0) is 15.5. The lowest BCUT2D eigenvalue weighted by Crippen LogP contribution is -1.94. The first-order chi connectivity index (χ1) is 10.3. The van der Waals surface area contributed by atoms with Gasteiger partial charge in [-0.2, -0.15) is 5.10 Å². The standard InChI is InChI=1S/C19H20N2/c1-5-9-13-17(11-7-3)18-15-20-21(16-18)19(12-8-4)14-10-6-2/h5-16H,1-4H2/b13-9-,14-10-,17-11+,19-12+. The summed E-state index contributed by atoms with van der Waals surface area (Å²) in [5, 5.41) is 4.38. The lowest BCUT2D eigenvalue weighted by molar-refractivity contribution is 0.910. The minimum Gasteiger partial charge on any atom is -0.240 e. The van der Waals surface area contributed by atoms with Crippen LogP contribution in [0.5, 0.6) is 0 Å². The Morgan fingerprint density at radius 1 is 0.905 bits per heavy atom. The molecule has 0 unspecified atom stereocenters. The Morgan fingerprint density at radius 2 is 1.57 bits per heavy atom. The number of rotatable bonds is 8. The molecule has 0 fully saturated rings. The first-order valence-electron chi connectivity index (χ1n) is 6.56. The minimum absolute atomic E-state index is 0.904. The average Bonchev–Trinajstić information content (AvgIpc) is 2.97. The van der Waals surface area contributed by atoms with E-state index >= 15 is 0 Å². The van der Waals surface area contributed by atoms with Crippen LogP contribution in [-0.2, 0) is 0 Å². The molecule has 0 aliphatic rings. The highest BCUT2D eigenvalue weighted by molar-refractivity contribution is 5.75. The minimum atomic E-state index is 0.904. The maximum atomic E-state index is 4.38. The number of allylic oxidation sites excluding steroid dienone is 12. The molecule has 0 aliphatic carbocycles. The fraction of sp³-hybridized carbons (Fsp3) is 0. The van der Waals surface area contributed by atoms with Crippen LogP contribution in [0, 0.1) is 0 Å². The summed E-state index contributed by atoms with van der Waals surface area (Å²) >= 11 is 0.